The molecule has 0 amide bonds. The monoisotopic (exact) mass is 271 g/mol. The molecule has 2 rings (SSSR count). The molecule has 20 heavy (non-hydrogen) atoms. The largest absolute Gasteiger partial charge is 0.465 e. The van der Waals surface area contributed by atoms with E-state index in [1.54, 1.807) is 36.4 Å². The number of allylic oxidation sites excluding steroid dienone is 1. The van der Waals surface area contributed by atoms with E-state index in [4.69, 9.17) is 4.42 Å². The first-order valence-corrected chi connectivity index (χ1v) is 5.90. The first-order chi connectivity index (χ1) is 9.70. The Bertz CT molecular complexity index is 612. The Morgan fingerprint density at radius 1 is 1.20 bits per heavy atom. The van der Waals surface area contributed by atoms with Gasteiger partial charge in [0.05, 0.1) is 18.9 Å². The summed E-state index contributed by atoms with van der Waals surface area (Å²) in [5, 5.41) is 2.93. The fourth-order valence-corrected chi connectivity index (χ4v) is 1.53. The first kappa shape index (κ1) is 13.6. The van der Waals surface area contributed by atoms with Crippen LogP contribution in [0.1, 0.15) is 20.9 Å². The lowest BCUT2D eigenvalue weighted by molar-refractivity contribution is 0.0600. The maximum absolute atomic E-state index is 11.6. The molecule has 1 aromatic carbocycles. The molecule has 1 N–H and O–H groups in total. The molecule has 0 fully saturated rings. The topological polar surface area (TPSA) is 68.5 Å². The number of ketones is 1. The Kier molecular flexibility index (Phi) is 4.34. The van der Waals surface area contributed by atoms with Crippen molar-refractivity contribution < 1.29 is 18.7 Å². The summed E-state index contributed by atoms with van der Waals surface area (Å²) in [7, 11) is 1.33. The number of rotatable bonds is 5. The van der Waals surface area contributed by atoms with Crippen molar-refractivity contribution in [2.45, 2.75) is 0 Å². The van der Waals surface area contributed by atoms with E-state index in [-0.39, 0.29) is 17.5 Å². The summed E-state index contributed by atoms with van der Waals surface area (Å²) in [6, 6.07) is 9.95. The van der Waals surface area contributed by atoms with Crippen LogP contribution < -0.4 is 5.32 Å². The zero-order chi connectivity index (χ0) is 14.4. The van der Waals surface area contributed by atoms with Crippen LogP contribution in [0.15, 0.2) is 59.4 Å². The van der Waals surface area contributed by atoms with Crippen molar-refractivity contribution in [3.8, 4) is 0 Å². The van der Waals surface area contributed by atoms with Gasteiger partial charge >= 0.3 is 5.97 Å². The van der Waals surface area contributed by atoms with Crippen LogP contribution in [-0.2, 0) is 4.74 Å². The van der Waals surface area contributed by atoms with Crippen LogP contribution in [-0.4, -0.2) is 18.9 Å². The average molecular weight is 271 g/mol. The van der Waals surface area contributed by atoms with Gasteiger partial charge in [-0.05, 0) is 36.4 Å². The summed E-state index contributed by atoms with van der Waals surface area (Å²) in [6.45, 7) is 0. The summed E-state index contributed by atoms with van der Waals surface area (Å²) in [6.07, 6.45) is 4.32. The number of furan rings is 1. The lowest BCUT2D eigenvalue weighted by atomic mass is 10.2. The van der Waals surface area contributed by atoms with Crippen LogP contribution in [0.5, 0.6) is 0 Å². The molecule has 0 aliphatic heterocycles. The summed E-state index contributed by atoms with van der Waals surface area (Å²) >= 11 is 0. The maximum Gasteiger partial charge on any atom is 0.337 e. The van der Waals surface area contributed by atoms with E-state index in [1.165, 1.54) is 25.6 Å². The molecule has 1 aromatic heterocycles. The van der Waals surface area contributed by atoms with Gasteiger partial charge in [0, 0.05) is 18.0 Å². The summed E-state index contributed by atoms with van der Waals surface area (Å²) in [5.41, 5.74) is 1.22. The number of anilines is 1. The molecule has 102 valence electrons. The van der Waals surface area contributed by atoms with Gasteiger partial charge in [-0.3, -0.25) is 4.79 Å². The molecule has 1 heterocycles. The van der Waals surface area contributed by atoms with Gasteiger partial charge in [-0.15, -0.1) is 0 Å². The van der Waals surface area contributed by atoms with Crippen LogP contribution in [0.4, 0.5) is 5.69 Å². The van der Waals surface area contributed by atoms with Crippen LogP contribution >= 0.6 is 0 Å². The standard InChI is InChI=1S/C15H13NO4/c1-19-15(18)11-4-6-12(7-5-11)16-9-8-13(17)14-3-2-10-20-14/h2-10,16H,1H3. The lowest BCUT2D eigenvalue weighted by Crippen LogP contribution is -2.00. The molecule has 0 spiro atoms. The number of carbonyl (C=O) groups excluding carboxylic acids is 2. The highest BCUT2D eigenvalue weighted by molar-refractivity contribution is 6.02. The molecular weight excluding hydrogens is 258 g/mol. The molecule has 2 aromatic rings. The molecule has 0 aliphatic carbocycles. The van der Waals surface area contributed by atoms with Gasteiger partial charge in [0.1, 0.15) is 0 Å². The highest BCUT2D eigenvalue weighted by Crippen LogP contribution is 2.10. The Balaban J connectivity index is 1.94. The number of ether oxygens (including phenoxy) is 1. The van der Waals surface area contributed by atoms with Crippen molar-refractivity contribution in [2.24, 2.45) is 0 Å². The molecule has 0 atom stereocenters. The van der Waals surface area contributed by atoms with Gasteiger partial charge in [-0.1, -0.05) is 0 Å². The van der Waals surface area contributed by atoms with Gasteiger partial charge in [-0.25, -0.2) is 4.79 Å². The number of esters is 1. The Hall–Kier alpha value is -2.82. The second-order valence-corrected chi connectivity index (χ2v) is 3.89. The molecule has 0 saturated heterocycles. The van der Waals surface area contributed by atoms with E-state index in [0.717, 1.165) is 5.69 Å². The van der Waals surface area contributed by atoms with Gasteiger partial charge in [0.15, 0.2) is 5.76 Å². The van der Waals surface area contributed by atoms with Gasteiger partial charge in [-0.2, -0.15) is 0 Å². The minimum absolute atomic E-state index is 0.228. The van der Waals surface area contributed by atoms with Crippen LogP contribution in [0.3, 0.4) is 0 Å². The number of hydrogen-bond acceptors (Lipinski definition) is 5. The van der Waals surface area contributed by atoms with E-state index in [1.807, 2.05) is 0 Å². The Morgan fingerprint density at radius 3 is 2.55 bits per heavy atom. The Morgan fingerprint density at radius 2 is 1.95 bits per heavy atom. The molecule has 0 bridgehead atoms. The number of carbonyl (C=O) groups is 2. The third-order valence-corrected chi connectivity index (χ3v) is 2.55. The van der Waals surface area contributed by atoms with Crippen molar-refractivity contribution in [3.05, 3.63) is 66.3 Å². The third-order valence-electron chi connectivity index (χ3n) is 2.55. The SMILES string of the molecule is COC(=O)c1ccc(NC=CC(=O)c2ccco2)cc1. The second-order valence-electron chi connectivity index (χ2n) is 3.89. The fraction of sp³-hybridized carbons (Fsp3) is 0.0667. The van der Waals surface area contributed by atoms with Gasteiger partial charge in [0.25, 0.3) is 0 Å². The summed E-state index contributed by atoms with van der Waals surface area (Å²) < 4.78 is 9.57. The molecule has 5 nitrogen and oxygen atoms in total. The lowest BCUT2D eigenvalue weighted by Gasteiger charge is -2.02. The smallest absolute Gasteiger partial charge is 0.337 e. The normalized spacial score (nSPS) is 10.4. The van der Waals surface area contributed by atoms with E-state index in [0.29, 0.717) is 5.56 Å². The first-order valence-electron chi connectivity index (χ1n) is 5.90. The quantitative estimate of drug-likeness (QED) is 0.514. The Labute approximate surface area is 115 Å². The highest BCUT2D eigenvalue weighted by Gasteiger charge is 2.04. The predicted octanol–water partition coefficient (Wildman–Crippen LogP) is 2.87. The van der Waals surface area contributed by atoms with E-state index in [9.17, 15) is 9.59 Å². The highest BCUT2D eigenvalue weighted by atomic mass is 16.5. The molecular formula is C15H13NO4. The summed E-state index contributed by atoms with van der Waals surface area (Å²) in [4.78, 5) is 22.8. The molecule has 5 heteroatoms. The van der Waals surface area contributed by atoms with Gasteiger partial charge < -0.3 is 14.5 Å². The van der Waals surface area contributed by atoms with Crippen LogP contribution in [0, 0.1) is 0 Å². The van der Waals surface area contributed by atoms with E-state index >= 15 is 0 Å². The zero-order valence-corrected chi connectivity index (χ0v) is 10.8. The van der Waals surface area contributed by atoms with Crippen LogP contribution in [0.25, 0.3) is 0 Å². The number of nitrogens with one attached hydrogen (secondary N) is 1. The maximum atomic E-state index is 11.6. The summed E-state index contributed by atoms with van der Waals surface area (Å²) in [5.74, 6) is -0.335. The third kappa shape index (κ3) is 3.35. The van der Waals surface area contributed by atoms with Crippen molar-refractivity contribution in [3.63, 3.8) is 0 Å². The van der Waals surface area contributed by atoms with Gasteiger partial charge in [0.2, 0.25) is 5.78 Å². The molecule has 0 unspecified atom stereocenters. The van der Waals surface area contributed by atoms with Crippen molar-refractivity contribution in [2.75, 3.05) is 12.4 Å². The van der Waals surface area contributed by atoms with Crippen molar-refractivity contribution in [1.82, 2.24) is 0 Å². The van der Waals surface area contributed by atoms with E-state index in [2.05, 4.69) is 10.1 Å². The molecule has 0 aliphatic rings. The zero-order valence-electron chi connectivity index (χ0n) is 10.8. The fourth-order valence-electron chi connectivity index (χ4n) is 1.53. The van der Waals surface area contributed by atoms with E-state index < -0.39 is 0 Å². The van der Waals surface area contributed by atoms with Crippen molar-refractivity contribution >= 4 is 17.4 Å². The van der Waals surface area contributed by atoms with Crippen LogP contribution in [0.2, 0.25) is 0 Å². The van der Waals surface area contributed by atoms with Crippen molar-refractivity contribution in [1.29, 1.82) is 0 Å². The second kappa shape index (κ2) is 6.38. The molecule has 0 saturated carbocycles. The number of benzene rings is 1. The minimum Gasteiger partial charge on any atom is -0.465 e. The minimum atomic E-state index is -0.389. The average Bonchev–Trinajstić information content (AvgIpc) is 3.01. The molecule has 0 radical (unpaired) electrons. The number of methoxy groups -OCH3 is 1. The predicted molar refractivity (Wildman–Crippen MR) is 73.6 cm³/mol. The number of hydrogen-bond donors (Lipinski definition) is 1.